The zero-order chi connectivity index (χ0) is 11.6. The van der Waals surface area contributed by atoms with Crippen molar-refractivity contribution in [3.8, 4) is 11.5 Å². The first kappa shape index (κ1) is 11.2. The summed E-state index contributed by atoms with van der Waals surface area (Å²) in [5.74, 6) is 6.96. The molecule has 88 valence electrons. The van der Waals surface area contributed by atoms with Gasteiger partial charge in [-0.1, -0.05) is 6.07 Å². The second kappa shape index (κ2) is 4.29. The third-order valence-corrected chi connectivity index (χ3v) is 2.91. The highest BCUT2D eigenvalue weighted by Gasteiger charge is 2.39. The van der Waals surface area contributed by atoms with Crippen molar-refractivity contribution < 1.29 is 14.2 Å². The highest BCUT2D eigenvalue weighted by Crippen LogP contribution is 2.35. The lowest BCUT2D eigenvalue weighted by atomic mass is 9.88. The summed E-state index contributed by atoms with van der Waals surface area (Å²) in [5, 5.41) is 0. The fourth-order valence-electron chi connectivity index (χ4n) is 1.77. The van der Waals surface area contributed by atoms with E-state index in [1.54, 1.807) is 14.2 Å². The van der Waals surface area contributed by atoms with Gasteiger partial charge >= 0.3 is 0 Å². The van der Waals surface area contributed by atoms with E-state index >= 15 is 0 Å². The number of hydrazine groups is 1. The molecule has 0 saturated carbocycles. The van der Waals surface area contributed by atoms with Crippen LogP contribution >= 0.6 is 0 Å². The van der Waals surface area contributed by atoms with E-state index in [2.05, 4.69) is 5.43 Å². The van der Waals surface area contributed by atoms with E-state index in [4.69, 9.17) is 20.1 Å². The number of ether oxygens (including phenoxy) is 3. The minimum atomic E-state index is -0.292. The molecule has 0 bridgehead atoms. The highest BCUT2D eigenvalue weighted by atomic mass is 16.5. The van der Waals surface area contributed by atoms with Crippen molar-refractivity contribution in [2.24, 2.45) is 5.84 Å². The quantitative estimate of drug-likeness (QED) is 0.572. The summed E-state index contributed by atoms with van der Waals surface area (Å²) < 4.78 is 15.6. The van der Waals surface area contributed by atoms with Gasteiger partial charge in [0.05, 0.1) is 27.4 Å². The molecule has 1 aromatic rings. The van der Waals surface area contributed by atoms with Crippen LogP contribution in [0.25, 0.3) is 0 Å². The van der Waals surface area contributed by atoms with Gasteiger partial charge in [-0.3, -0.25) is 5.84 Å². The van der Waals surface area contributed by atoms with E-state index in [1.165, 1.54) is 0 Å². The second-order valence-electron chi connectivity index (χ2n) is 3.79. The molecular weight excluding hydrogens is 208 g/mol. The monoisotopic (exact) mass is 224 g/mol. The van der Waals surface area contributed by atoms with Gasteiger partial charge in [-0.05, 0) is 17.7 Å². The van der Waals surface area contributed by atoms with Crippen LogP contribution in [-0.4, -0.2) is 27.4 Å². The Labute approximate surface area is 94.5 Å². The topological polar surface area (TPSA) is 65.7 Å². The van der Waals surface area contributed by atoms with Crippen LogP contribution in [0.4, 0.5) is 0 Å². The van der Waals surface area contributed by atoms with Gasteiger partial charge in [-0.2, -0.15) is 0 Å². The molecule has 2 rings (SSSR count). The van der Waals surface area contributed by atoms with E-state index in [-0.39, 0.29) is 5.54 Å². The summed E-state index contributed by atoms with van der Waals surface area (Å²) >= 11 is 0. The zero-order valence-electron chi connectivity index (χ0n) is 9.45. The molecule has 5 heteroatoms. The summed E-state index contributed by atoms with van der Waals surface area (Å²) in [6.07, 6.45) is 0. The van der Waals surface area contributed by atoms with Crippen LogP contribution in [0.15, 0.2) is 18.2 Å². The van der Waals surface area contributed by atoms with Crippen molar-refractivity contribution in [3.05, 3.63) is 23.8 Å². The lowest BCUT2D eigenvalue weighted by molar-refractivity contribution is -0.0787. The van der Waals surface area contributed by atoms with Gasteiger partial charge in [-0.25, -0.2) is 5.43 Å². The van der Waals surface area contributed by atoms with E-state index in [0.29, 0.717) is 24.7 Å². The van der Waals surface area contributed by atoms with Crippen molar-refractivity contribution in [1.82, 2.24) is 5.43 Å². The molecule has 0 spiro atoms. The standard InChI is InChI=1S/C11H16N2O3/c1-14-9-4-3-8(5-10(9)15-2)11(13-12)6-16-7-11/h3-5,13H,6-7,12H2,1-2H3. The molecule has 1 fully saturated rings. The van der Waals surface area contributed by atoms with Gasteiger partial charge in [0.25, 0.3) is 0 Å². The molecule has 1 aliphatic rings. The molecular formula is C11H16N2O3. The SMILES string of the molecule is COc1ccc(C2(NN)COC2)cc1OC. The lowest BCUT2D eigenvalue weighted by Gasteiger charge is -2.41. The van der Waals surface area contributed by atoms with Crippen LogP contribution in [0.2, 0.25) is 0 Å². The van der Waals surface area contributed by atoms with Crippen molar-refractivity contribution in [2.45, 2.75) is 5.54 Å². The Morgan fingerprint density at radius 2 is 1.94 bits per heavy atom. The van der Waals surface area contributed by atoms with Crippen LogP contribution in [-0.2, 0) is 10.3 Å². The smallest absolute Gasteiger partial charge is 0.161 e. The predicted octanol–water partition coefficient (Wildman–Crippen LogP) is 0.393. The molecule has 1 heterocycles. The van der Waals surface area contributed by atoms with Gasteiger partial charge in [0, 0.05) is 0 Å². The van der Waals surface area contributed by atoms with Gasteiger partial charge < -0.3 is 14.2 Å². The van der Waals surface area contributed by atoms with E-state index < -0.39 is 0 Å². The number of hydrogen-bond acceptors (Lipinski definition) is 5. The van der Waals surface area contributed by atoms with Crippen molar-refractivity contribution in [2.75, 3.05) is 27.4 Å². The molecule has 16 heavy (non-hydrogen) atoms. The molecule has 1 aliphatic heterocycles. The Kier molecular flexibility index (Phi) is 3.00. The molecule has 0 aromatic heterocycles. The average molecular weight is 224 g/mol. The Morgan fingerprint density at radius 1 is 1.25 bits per heavy atom. The molecule has 0 amide bonds. The minimum Gasteiger partial charge on any atom is -0.493 e. The highest BCUT2D eigenvalue weighted by molar-refractivity contribution is 5.45. The first-order valence-corrected chi connectivity index (χ1v) is 5.04. The average Bonchev–Trinajstić information content (AvgIpc) is 2.28. The third kappa shape index (κ3) is 1.63. The van der Waals surface area contributed by atoms with E-state index in [0.717, 1.165) is 5.56 Å². The first-order chi connectivity index (χ1) is 7.75. The molecule has 3 N–H and O–H groups in total. The number of nitrogens with one attached hydrogen (secondary N) is 1. The van der Waals surface area contributed by atoms with Gasteiger partial charge in [0.15, 0.2) is 11.5 Å². The largest absolute Gasteiger partial charge is 0.493 e. The molecule has 0 atom stereocenters. The number of benzene rings is 1. The number of methoxy groups -OCH3 is 2. The maximum Gasteiger partial charge on any atom is 0.161 e. The van der Waals surface area contributed by atoms with Crippen LogP contribution in [0.1, 0.15) is 5.56 Å². The Balaban J connectivity index is 2.35. The molecule has 1 saturated heterocycles. The summed E-state index contributed by atoms with van der Waals surface area (Å²) in [5.41, 5.74) is 3.55. The maximum absolute atomic E-state index is 5.56. The van der Waals surface area contributed by atoms with Crippen LogP contribution < -0.4 is 20.7 Å². The third-order valence-electron chi connectivity index (χ3n) is 2.91. The lowest BCUT2D eigenvalue weighted by Crippen LogP contribution is -2.60. The summed E-state index contributed by atoms with van der Waals surface area (Å²) in [6, 6.07) is 5.75. The fraction of sp³-hybridized carbons (Fsp3) is 0.455. The number of hydrogen-bond donors (Lipinski definition) is 2. The summed E-state index contributed by atoms with van der Waals surface area (Å²) in [6.45, 7) is 1.14. The van der Waals surface area contributed by atoms with E-state index in [9.17, 15) is 0 Å². The Morgan fingerprint density at radius 3 is 2.38 bits per heavy atom. The number of rotatable bonds is 4. The predicted molar refractivity (Wildman–Crippen MR) is 59.4 cm³/mol. The first-order valence-electron chi connectivity index (χ1n) is 5.04. The Hall–Kier alpha value is -1.30. The normalized spacial score (nSPS) is 17.7. The van der Waals surface area contributed by atoms with Crippen molar-refractivity contribution in [1.29, 1.82) is 0 Å². The van der Waals surface area contributed by atoms with Gasteiger partial charge in [0.1, 0.15) is 5.54 Å². The minimum absolute atomic E-state index is 0.292. The second-order valence-corrected chi connectivity index (χ2v) is 3.79. The molecule has 0 radical (unpaired) electrons. The number of nitrogens with two attached hydrogens (primary N) is 1. The zero-order valence-corrected chi connectivity index (χ0v) is 9.45. The van der Waals surface area contributed by atoms with Crippen LogP contribution in [0.5, 0.6) is 11.5 Å². The summed E-state index contributed by atoms with van der Waals surface area (Å²) in [4.78, 5) is 0. The van der Waals surface area contributed by atoms with E-state index in [1.807, 2.05) is 18.2 Å². The van der Waals surface area contributed by atoms with Gasteiger partial charge in [0.2, 0.25) is 0 Å². The molecule has 1 aromatic carbocycles. The summed E-state index contributed by atoms with van der Waals surface area (Å²) in [7, 11) is 3.22. The molecule has 5 nitrogen and oxygen atoms in total. The fourth-order valence-corrected chi connectivity index (χ4v) is 1.77. The van der Waals surface area contributed by atoms with Gasteiger partial charge in [-0.15, -0.1) is 0 Å². The van der Waals surface area contributed by atoms with Crippen molar-refractivity contribution >= 4 is 0 Å². The maximum atomic E-state index is 5.56. The van der Waals surface area contributed by atoms with Crippen molar-refractivity contribution in [3.63, 3.8) is 0 Å². The Bertz CT molecular complexity index is 372. The molecule has 0 aliphatic carbocycles. The van der Waals surface area contributed by atoms with Crippen LogP contribution in [0, 0.1) is 0 Å². The molecule has 0 unspecified atom stereocenters. The van der Waals surface area contributed by atoms with Crippen LogP contribution in [0.3, 0.4) is 0 Å².